The van der Waals surface area contributed by atoms with Gasteiger partial charge in [0.2, 0.25) is 5.91 Å². The SMILES string of the molecule is CC(C)CCN(C(=O)CNCC(F)(F)F)C1CCCC1. The van der Waals surface area contributed by atoms with Crippen molar-refractivity contribution in [2.24, 2.45) is 5.92 Å². The number of hydrogen-bond acceptors (Lipinski definition) is 2. The van der Waals surface area contributed by atoms with Gasteiger partial charge in [0.25, 0.3) is 0 Å². The topological polar surface area (TPSA) is 32.3 Å². The molecule has 3 nitrogen and oxygen atoms in total. The first-order valence-corrected chi connectivity index (χ1v) is 7.36. The monoisotopic (exact) mass is 294 g/mol. The van der Waals surface area contributed by atoms with Gasteiger partial charge in [0.1, 0.15) is 0 Å². The van der Waals surface area contributed by atoms with E-state index in [0.717, 1.165) is 32.1 Å². The van der Waals surface area contributed by atoms with Crippen LogP contribution >= 0.6 is 0 Å². The maximum absolute atomic E-state index is 12.1. The maximum atomic E-state index is 12.1. The highest BCUT2D eigenvalue weighted by atomic mass is 19.4. The second-order valence-corrected chi connectivity index (χ2v) is 5.93. The van der Waals surface area contributed by atoms with Crippen molar-refractivity contribution in [3.05, 3.63) is 0 Å². The van der Waals surface area contributed by atoms with Gasteiger partial charge in [-0.05, 0) is 25.2 Å². The van der Waals surface area contributed by atoms with Gasteiger partial charge in [-0.25, -0.2) is 0 Å². The summed E-state index contributed by atoms with van der Waals surface area (Å²) in [6, 6.07) is 0.217. The Hall–Kier alpha value is -0.780. The molecule has 0 aromatic rings. The van der Waals surface area contributed by atoms with Gasteiger partial charge in [-0.1, -0.05) is 26.7 Å². The number of halogens is 3. The quantitative estimate of drug-likeness (QED) is 0.783. The van der Waals surface area contributed by atoms with Gasteiger partial charge in [-0.2, -0.15) is 13.2 Å². The normalized spacial score (nSPS) is 16.9. The van der Waals surface area contributed by atoms with E-state index in [9.17, 15) is 18.0 Å². The van der Waals surface area contributed by atoms with Crippen molar-refractivity contribution in [3.63, 3.8) is 0 Å². The molecule has 0 bridgehead atoms. The minimum atomic E-state index is -4.27. The minimum Gasteiger partial charge on any atom is -0.339 e. The molecule has 1 rings (SSSR count). The summed E-state index contributed by atoms with van der Waals surface area (Å²) in [5, 5.41) is 2.20. The van der Waals surface area contributed by atoms with Crippen LogP contribution in [0.1, 0.15) is 46.0 Å². The molecule has 0 radical (unpaired) electrons. The van der Waals surface area contributed by atoms with Crippen LogP contribution in [0.4, 0.5) is 13.2 Å². The zero-order chi connectivity index (χ0) is 15.2. The van der Waals surface area contributed by atoms with Gasteiger partial charge in [-0.15, -0.1) is 0 Å². The number of carbonyl (C=O) groups excluding carboxylic acids is 1. The van der Waals surface area contributed by atoms with E-state index in [1.807, 2.05) is 0 Å². The van der Waals surface area contributed by atoms with Crippen molar-refractivity contribution in [3.8, 4) is 0 Å². The van der Waals surface area contributed by atoms with Crippen molar-refractivity contribution >= 4 is 5.91 Å². The molecule has 118 valence electrons. The van der Waals surface area contributed by atoms with E-state index in [1.165, 1.54) is 0 Å². The van der Waals surface area contributed by atoms with E-state index in [0.29, 0.717) is 12.5 Å². The zero-order valence-electron chi connectivity index (χ0n) is 12.3. The molecule has 0 spiro atoms. The predicted octanol–water partition coefficient (Wildman–Crippen LogP) is 2.96. The van der Waals surface area contributed by atoms with Gasteiger partial charge in [0.05, 0.1) is 13.1 Å². The second-order valence-electron chi connectivity index (χ2n) is 5.93. The molecular weight excluding hydrogens is 269 g/mol. The first-order valence-electron chi connectivity index (χ1n) is 7.36. The Balaban J connectivity index is 2.46. The van der Waals surface area contributed by atoms with Gasteiger partial charge >= 0.3 is 6.18 Å². The third-order valence-electron chi connectivity index (χ3n) is 3.63. The Bertz CT molecular complexity index is 299. The van der Waals surface area contributed by atoms with E-state index in [4.69, 9.17) is 0 Å². The van der Waals surface area contributed by atoms with Crippen LogP contribution in [0.3, 0.4) is 0 Å². The molecule has 0 aromatic heterocycles. The summed E-state index contributed by atoms with van der Waals surface area (Å²) in [7, 11) is 0. The van der Waals surface area contributed by atoms with Crippen LogP contribution in [0.25, 0.3) is 0 Å². The molecule has 0 atom stereocenters. The highest BCUT2D eigenvalue weighted by molar-refractivity contribution is 5.78. The Morgan fingerprint density at radius 2 is 1.90 bits per heavy atom. The molecule has 1 N–H and O–H groups in total. The highest BCUT2D eigenvalue weighted by Crippen LogP contribution is 2.24. The van der Waals surface area contributed by atoms with E-state index in [-0.39, 0.29) is 18.5 Å². The number of nitrogens with one attached hydrogen (secondary N) is 1. The second kappa shape index (κ2) is 7.86. The summed E-state index contributed by atoms with van der Waals surface area (Å²) in [4.78, 5) is 13.9. The van der Waals surface area contributed by atoms with Gasteiger partial charge in [0, 0.05) is 12.6 Å². The van der Waals surface area contributed by atoms with Crippen molar-refractivity contribution in [2.45, 2.75) is 58.2 Å². The molecule has 0 aliphatic heterocycles. The van der Waals surface area contributed by atoms with Crippen LogP contribution in [-0.4, -0.2) is 42.7 Å². The van der Waals surface area contributed by atoms with Gasteiger partial charge in [-0.3, -0.25) is 4.79 Å². The molecule has 1 amide bonds. The van der Waals surface area contributed by atoms with E-state index >= 15 is 0 Å². The maximum Gasteiger partial charge on any atom is 0.401 e. The lowest BCUT2D eigenvalue weighted by Crippen LogP contribution is -2.45. The third kappa shape index (κ3) is 6.59. The van der Waals surface area contributed by atoms with Crippen molar-refractivity contribution in [1.29, 1.82) is 0 Å². The third-order valence-corrected chi connectivity index (χ3v) is 3.63. The molecule has 1 fully saturated rings. The molecule has 1 aliphatic rings. The van der Waals surface area contributed by atoms with Crippen LogP contribution in [-0.2, 0) is 4.79 Å². The summed E-state index contributed by atoms with van der Waals surface area (Å²) < 4.78 is 36.2. The van der Waals surface area contributed by atoms with Crippen molar-refractivity contribution < 1.29 is 18.0 Å². The fourth-order valence-corrected chi connectivity index (χ4v) is 2.54. The molecule has 6 heteroatoms. The van der Waals surface area contributed by atoms with E-state index in [2.05, 4.69) is 19.2 Å². The first kappa shape index (κ1) is 17.3. The fraction of sp³-hybridized carbons (Fsp3) is 0.929. The molecule has 20 heavy (non-hydrogen) atoms. The summed E-state index contributed by atoms with van der Waals surface area (Å²) in [5.41, 5.74) is 0. The summed E-state index contributed by atoms with van der Waals surface area (Å²) >= 11 is 0. The Kier molecular flexibility index (Phi) is 6.79. The lowest BCUT2D eigenvalue weighted by atomic mass is 10.1. The van der Waals surface area contributed by atoms with Crippen molar-refractivity contribution in [2.75, 3.05) is 19.6 Å². The largest absolute Gasteiger partial charge is 0.401 e. The average Bonchev–Trinajstić information content (AvgIpc) is 2.80. The van der Waals surface area contributed by atoms with E-state index < -0.39 is 12.7 Å². The molecule has 0 saturated heterocycles. The Morgan fingerprint density at radius 1 is 1.30 bits per heavy atom. The number of nitrogens with zero attached hydrogens (tertiary/aromatic N) is 1. The predicted molar refractivity (Wildman–Crippen MR) is 72.3 cm³/mol. The summed E-state index contributed by atoms with van der Waals surface area (Å²) in [6.07, 6.45) is 0.780. The van der Waals surface area contributed by atoms with Gasteiger partial charge < -0.3 is 10.2 Å². The van der Waals surface area contributed by atoms with Crippen molar-refractivity contribution in [1.82, 2.24) is 10.2 Å². The first-order chi connectivity index (χ1) is 9.29. The lowest BCUT2D eigenvalue weighted by molar-refractivity contribution is -0.136. The van der Waals surface area contributed by atoms with Crippen LogP contribution in [0.2, 0.25) is 0 Å². The molecule has 0 aromatic carbocycles. The lowest BCUT2D eigenvalue weighted by Gasteiger charge is -2.30. The van der Waals surface area contributed by atoms with Crippen LogP contribution < -0.4 is 5.32 Å². The standard InChI is InChI=1S/C14H25F3N2O/c1-11(2)7-8-19(12-5-3-4-6-12)13(20)9-18-10-14(15,16)17/h11-12,18H,3-10H2,1-2H3. The van der Waals surface area contributed by atoms with Crippen LogP contribution in [0, 0.1) is 5.92 Å². The number of alkyl halides is 3. The smallest absolute Gasteiger partial charge is 0.339 e. The summed E-state index contributed by atoms with van der Waals surface area (Å²) in [6.45, 7) is 3.48. The van der Waals surface area contributed by atoms with Gasteiger partial charge in [0.15, 0.2) is 0 Å². The molecule has 0 heterocycles. The number of rotatable bonds is 7. The molecule has 0 unspecified atom stereocenters. The number of carbonyl (C=O) groups is 1. The molecule has 1 aliphatic carbocycles. The molecule has 1 saturated carbocycles. The number of hydrogen-bond donors (Lipinski definition) is 1. The Morgan fingerprint density at radius 3 is 2.40 bits per heavy atom. The highest BCUT2D eigenvalue weighted by Gasteiger charge is 2.29. The number of amides is 1. The minimum absolute atomic E-state index is 0.207. The van der Waals surface area contributed by atoms with Crippen LogP contribution in [0.5, 0.6) is 0 Å². The zero-order valence-corrected chi connectivity index (χ0v) is 12.3. The van der Waals surface area contributed by atoms with E-state index in [1.54, 1.807) is 4.90 Å². The fourth-order valence-electron chi connectivity index (χ4n) is 2.54. The molecular formula is C14H25F3N2O. The summed E-state index contributed by atoms with van der Waals surface area (Å²) in [5.74, 6) is 0.275. The Labute approximate surface area is 118 Å². The average molecular weight is 294 g/mol. The van der Waals surface area contributed by atoms with Crippen LogP contribution in [0.15, 0.2) is 0 Å².